The SMILES string of the molecule is FC(F)(F)SNCCC1CC2C=CC1C2. The van der Waals surface area contributed by atoms with Gasteiger partial charge in [-0.2, -0.15) is 13.2 Å². The highest BCUT2D eigenvalue weighted by Crippen LogP contribution is 2.44. The fraction of sp³-hybridized carbons (Fsp3) is 0.800. The van der Waals surface area contributed by atoms with Crippen LogP contribution in [0.1, 0.15) is 19.3 Å². The number of fused-ring (bicyclic) bond motifs is 2. The van der Waals surface area contributed by atoms with Gasteiger partial charge in [0.1, 0.15) is 0 Å². The molecular formula is C10H14F3NS. The maximum absolute atomic E-state index is 11.8. The number of hydrogen-bond donors (Lipinski definition) is 1. The van der Waals surface area contributed by atoms with Crippen molar-refractivity contribution in [2.45, 2.75) is 24.8 Å². The summed E-state index contributed by atoms with van der Waals surface area (Å²) in [6.45, 7) is 0.450. The van der Waals surface area contributed by atoms with E-state index in [0.29, 0.717) is 24.3 Å². The summed E-state index contributed by atoms with van der Waals surface area (Å²) in [4.78, 5) is 0. The maximum atomic E-state index is 11.8. The molecule has 0 heterocycles. The molecule has 0 aromatic carbocycles. The number of alkyl halides is 3. The van der Waals surface area contributed by atoms with E-state index >= 15 is 0 Å². The van der Waals surface area contributed by atoms with E-state index in [0.717, 1.165) is 6.42 Å². The van der Waals surface area contributed by atoms with Crippen molar-refractivity contribution < 1.29 is 13.2 Å². The topological polar surface area (TPSA) is 12.0 Å². The normalized spacial score (nSPS) is 33.9. The molecule has 2 rings (SSSR count). The van der Waals surface area contributed by atoms with Gasteiger partial charge in [-0.15, -0.1) is 0 Å². The highest BCUT2D eigenvalue weighted by atomic mass is 32.2. The van der Waals surface area contributed by atoms with Crippen molar-refractivity contribution in [1.29, 1.82) is 0 Å². The quantitative estimate of drug-likeness (QED) is 0.457. The number of hydrogen-bond acceptors (Lipinski definition) is 2. The van der Waals surface area contributed by atoms with Crippen LogP contribution in [0.3, 0.4) is 0 Å². The van der Waals surface area contributed by atoms with Gasteiger partial charge in [-0.25, -0.2) is 0 Å². The van der Waals surface area contributed by atoms with Gasteiger partial charge in [0.15, 0.2) is 0 Å². The van der Waals surface area contributed by atoms with Gasteiger partial charge in [-0.1, -0.05) is 12.2 Å². The molecule has 0 radical (unpaired) electrons. The fourth-order valence-electron chi connectivity index (χ4n) is 2.60. The molecule has 2 aliphatic rings. The number of allylic oxidation sites excluding steroid dienone is 2. The van der Waals surface area contributed by atoms with Crippen molar-refractivity contribution in [1.82, 2.24) is 4.72 Å². The molecule has 0 aromatic rings. The minimum Gasteiger partial charge on any atom is -0.257 e. The maximum Gasteiger partial charge on any atom is 0.456 e. The van der Waals surface area contributed by atoms with Gasteiger partial charge in [-0.05, 0) is 37.0 Å². The molecular weight excluding hydrogens is 223 g/mol. The first-order valence-corrected chi connectivity index (χ1v) is 6.02. The fourth-order valence-corrected chi connectivity index (χ4v) is 2.99. The van der Waals surface area contributed by atoms with Crippen LogP contribution >= 0.6 is 11.9 Å². The van der Waals surface area contributed by atoms with Crippen LogP contribution in [0.15, 0.2) is 12.2 Å². The van der Waals surface area contributed by atoms with E-state index in [1.54, 1.807) is 0 Å². The molecule has 2 aliphatic carbocycles. The summed E-state index contributed by atoms with van der Waals surface area (Å²) >= 11 is -0.131. The van der Waals surface area contributed by atoms with Crippen LogP contribution in [-0.4, -0.2) is 12.1 Å². The van der Waals surface area contributed by atoms with Crippen LogP contribution < -0.4 is 4.72 Å². The summed E-state index contributed by atoms with van der Waals surface area (Å²) in [6, 6.07) is 0. The Balaban J connectivity index is 1.61. The Bertz CT molecular complexity index is 252. The van der Waals surface area contributed by atoms with E-state index in [4.69, 9.17) is 0 Å². The average molecular weight is 237 g/mol. The molecule has 1 N–H and O–H groups in total. The molecule has 1 saturated carbocycles. The molecule has 86 valence electrons. The molecule has 2 bridgehead atoms. The van der Waals surface area contributed by atoms with E-state index in [1.165, 1.54) is 12.8 Å². The number of nitrogens with one attached hydrogen (secondary N) is 1. The van der Waals surface area contributed by atoms with Crippen LogP contribution in [0.5, 0.6) is 0 Å². The van der Waals surface area contributed by atoms with Gasteiger partial charge in [0.25, 0.3) is 0 Å². The van der Waals surface area contributed by atoms with Crippen molar-refractivity contribution in [3.8, 4) is 0 Å². The molecule has 0 aromatic heterocycles. The molecule has 5 heteroatoms. The third-order valence-corrected chi connectivity index (χ3v) is 3.80. The van der Waals surface area contributed by atoms with Crippen molar-refractivity contribution >= 4 is 11.9 Å². The van der Waals surface area contributed by atoms with E-state index in [-0.39, 0.29) is 11.9 Å². The van der Waals surface area contributed by atoms with Crippen molar-refractivity contribution in [2.75, 3.05) is 6.54 Å². The first kappa shape index (κ1) is 11.3. The van der Waals surface area contributed by atoms with Crippen LogP contribution in [0.4, 0.5) is 13.2 Å². The van der Waals surface area contributed by atoms with Crippen LogP contribution in [0, 0.1) is 17.8 Å². The van der Waals surface area contributed by atoms with Crippen LogP contribution in [0.2, 0.25) is 0 Å². The average Bonchev–Trinajstić information content (AvgIpc) is 2.71. The summed E-state index contributed by atoms with van der Waals surface area (Å²) < 4.78 is 37.8. The summed E-state index contributed by atoms with van der Waals surface area (Å²) in [5.41, 5.74) is -4.16. The minimum atomic E-state index is -4.16. The Morgan fingerprint density at radius 2 is 2.07 bits per heavy atom. The Hall–Kier alpha value is -0.160. The largest absolute Gasteiger partial charge is 0.456 e. The highest BCUT2D eigenvalue weighted by Gasteiger charge is 2.35. The molecule has 3 unspecified atom stereocenters. The first-order valence-electron chi connectivity index (χ1n) is 5.20. The van der Waals surface area contributed by atoms with Crippen LogP contribution in [-0.2, 0) is 0 Å². The molecule has 3 atom stereocenters. The monoisotopic (exact) mass is 237 g/mol. The minimum absolute atomic E-state index is 0.131. The van der Waals surface area contributed by atoms with E-state index in [9.17, 15) is 13.2 Å². The van der Waals surface area contributed by atoms with Gasteiger partial charge in [0, 0.05) is 18.5 Å². The Kier molecular flexibility index (Phi) is 3.30. The number of rotatable bonds is 4. The Morgan fingerprint density at radius 1 is 1.27 bits per heavy atom. The highest BCUT2D eigenvalue weighted by molar-refractivity contribution is 7.98. The summed E-state index contributed by atoms with van der Waals surface area (Å²) in [5.74, 6) is 1.93. The predicted molar refractivity (Wildman–Crippen MR) is 55.1 cm³/mol. The lowest BCUT2D eigenvalue weighted by Gasteiger charge is -2.17. The van der Waals surface area contributed by atoms with Gasteiger partial charge in [-0.3, -0.25) is 4.72 Å². The lowest BCUT2D eigenvalue weighted by Crippen LogP contribution is -2.18. The molecule has 15 heavy (non-hydrogen) atoms. The van der Waals surface area contributed by atoms with Crippen molar-refractivity contribution in [2.24, 2.45) is 17.8 Å². The van der Waals surface area contributed by atoms with E-state index in [2.05, 4.69) is 16.9 Å². The molecule has 0 aliphatic heterocycles. The standard InChI is InChI=1S/C10H14F3NS/c11-10(12,13)15-14-4-3-9-6-7-1-2-8(9)5-7/h1-2,7-9,14H,3-6H2. The second kappa shape index (κ2) is 4.37. The molecule has 0 amide bonds. The summed E-state index contributed by atoms with van der Waals surface area (Å²) in [7, 11) is 0. The first-order chi connectivity index (χ1) is 7.04. The summed E-state index contributed by atoms with van der Waals surface area (Å²) in [5, 5.41) is 0. The summed E-state index contributed by atoms with van der Waals surface area (Å²) in [6.07, 6.45) is 7.72. The molecule has 1 fully saturated rings. The zero-order valence-corrected chi connectivity index (χ0v) is 9.07. The zero-order valence-electron chi connectivity index (χ0n) is 8.26. The second-order valence-electron chi connectivity index (χ2n) is 4.27. The van der Waals surface area contributed by atoms with E-state index < -0.39 is 5.51 Å². The smallest absolute Gasteiger partial charge is 0.257 e. The lowest BCUT2D eigenvalue weighted by atomic mass is 9.91. The van der Waals surface area contributed by atoms with Crippen molar-refractivity contribution in [3.05, 3.63) is 12.2 Å². The molecule has 0 spiro atoms. The number of halogens is 3. The molecule has 0 saturated heterocycles. The second-order valence-corrected chi connectivity index (χ2v) is 5.23. The van der Waals surface area contributed by atoms with E-state index in [1.807, 2.05) is 0 Å². The van der Waals surface area contributed by atoms with Gasteiger partial charge >= 0.3 is 5.51 Å². The Labute approximate surface area is 91.6 Å². The predicted octanol–water partition coefficient (Wildman–Crippen LogP) is 3.35. The zero-order chi connectivity index (χ0) is 10.9. The molecule has 1 nitrogen and oxygen atoms in total. The van der Waals surface area contributed by atoms with Gasteiger partial charge in [0.2, 0.25) is 0 Å². The third-order valence-electron chi connectivity index (χ3n) is 3.22. The lowest BCUT2D eigenvalue weighted by molar-refractivity contribution is -0.0336. The van der Waals surface area contributed by atoms with Gasteiger partial charge < -0.3 is 0 Å². The Morgan fingerprint density at radius 3 is 2.60 bits per heavy atom. The van der Waals surface area contributed by atoms with Crippen LogP contribution in [0.25, 0.3) is 0 Å². The third kappa shape index (κ3) is 3.14. The van der Waals surface area contributed by atoms with Crippen molar-refractivity contribution in [3.63, 3.8) is 0 Å². The van der Waals surface area contributed by atoms with Gasteiger partial charge in [0.05, 0.1) is 0 Å².